The Morgan fingerprint density at radius 3 is 3.08 bits per heavy atom. The third-order valence-electron chi connectivity index (χ3n) is 1.58. The maximum absolute atomic E-state index is 5.08. The van der Waals surface area contributed by atoms with E-state index in [2.05, 4.69) is 4.98 Å². The molecule has 0 unspecified atom stereocenters. The minimum Gasteiger partial charge on any atom is -0.497 e. The lowest BCUT2D eigenvalue weighted by Crippen LogP contribution is -1.80. The standard InChI is InChI=1S/C8H7NOS2/c1-10-5-2-3-6-7(4-5)12-8(11)9-6/h2-4H,1H3,(H,9,11)/p-1. The van der Waals surface area contributed by atoms with Crippen molar-refractivity contribution in [1.29, 1.82) is 0 Å². The Morgan fingerprint density at radius 1 is 1.50 bits per heavy atom. The molecule has 2 rings (SSSR count). The van der Waals surface area contributed by atoms with Crippen LogP contribution in [-0.2, 0) is 12.6 Å². The summed E-state index contributed by atoms with van der Waals surface area (Å²) in [6.07, 6.45) is 0. The zero-order valence-electron chi connectivity index (χ0n) is 6.40. The highest BCUT2D eigenvalue weighted by Gasteiger charge is 1.94. The lowest BCUT2D eigenvalue weighted by molar-refractivity contribution is 0.415. The quantitative estimate of drug-likeness (QED) is 0.653. The first-order valence-electron chi connectivity index (χ1n) is 3.41. The smallest absolute Gasteiger partial charge is 0.118 e. The third-order valence-corrected chi connectivity index (χ3v) is 2.73. The van der Waals surface area contributed by atoms with Crippen LogP contribution < -0.4 is 4.74 Å². The molecular formula is C8H6NOS2-. The van der Waals surface area contributed by atoms with Gasteiger partial charge in [-0.2, -0.15) is 0 Å². The minimum atomic E-state index is 0.679. The van der Waals surface area contributed by atoms with Crippen LogP contribution >= 0.6 is 11.3 Å². The Hall–Kier alpha value is -0.870. The summed E-state index contributed by atoms with van der Waals surface area (Å²) >= 11 is 6.46. The summed E-state index contributed by atoms with van der Waals surface area (Å²) in [6.45, 7) is 0. The van der Waals surface area contributed by atoms with Gasteiger partial charge >= 0.3 is 0 Å². The molecule has 0 saturated carbocycles. The molecule has 1 aromatic heterocycles. The molecule has 0 aliphatic rings. The number of nitrogens with zero attached hydrogens (tertiary/aromatic N) is 1. The van der Waals surface area contributed by atoms with Crippen LogP contribution in [-0.4, -0.2) is 12.1 Å². The summed E-state index contributed by atoms with van der Waals surface area (Å²) < 4.78 is 6.84. The van der Waals surface area contributed by atoms with E-state index in [1.165, 1.54) is 11.3 Å². The van der Waals surface area contributed by atoms with Crippen molar-refractivity contribution >= 4 is 34.2 Å². The van der Waals surface area contributed by atoms with Crippen molar-refractivity contribution in [2.45, 2.75) is 4.34 Å². The van der Waals surface area contributed by atoms with Gasteiger partial charge < -0.3 is 28.7 Å². The van der Waals surface area contributed by atoms with Crippen molar-refractivity contribution in [2.75, 3.05) is 7.11 Å². The zero-order chi connectivity index (χ0) is 8.55. The van der Waals surface area contributed by atoms with Gasteiger partial charge in [0.05, 0.1) is 12.6 Å². The molecule has 0 atom stereocenters. The average Bonchev–Trinajstić information content (AvgIpc) is 2.43. The van der Waals surface area contributed by atoms with Crippen molar-refractivity contribution in [3.63, 3.8) is 0 Å². The van der Waals surface area contributed by atoms with Gasteiger partial charge in [-0.15, -0.1) is 0 Å². The number of hydrogen-bond acceptors (Lipinski definition) is 4. The minimum absolute atomic E-state index is 0.679. The number of rotatable bonds is 1. The molecule has 2 nitrogen and oxygen atoms in total. The summed E-state index contributed by atoms with van der Waals surface area (Å²) in [5.41, 5.74) is 0.950. The highest BCUT2D eigenvalue weighted by molar-refractivity contribution is 7.63. The fourth-order valence-electron chi connectivity index (χ4n) is 1.01. The third kappa shape index (κ3) is 1.23. The molecule has 12 heavy (non-hydrogen) atoms. The lowest BCUT2D eigenvalue weighted by Gasteiger charge is -1.98. The fraction of sp³-hybridized carbons (Fsp3) is 0.125. The second-order valence-electron chi connectivity index (χ2n) is 2.31. The van der Waals surface area contributed by atoms with E-state index in [0.717, 1.165) is 16.0 Å². The molecule has 0 spiro atoms. The summed E-state index contributed by atoms with van der Waals surface area (Å²) in [5.74, 6) is 0.848. The number of methoxy groups -OCH3 is 1. The van der Waals surface area contributed by atoms with Crippen molar-refractivity contribution < 1.29 is 4.74 Å². The monoisotopic (exact) mass is 196 g/mol. The average molecular weight is 196 g/mol. The summed E-state index contributed by atoms with van der Waals surface area (Å²) in [6, 6.07) is 5.75. The summed E-state index contributed by atoms with van der Waals surface area (Å²) in [5, 5.41) is 0. The number of fused-ring (bicyclic) bond motifs is 1. The van der Waals surface area contributed by atoms with Gasteiger partial charge in [0.1, 0.15) is 5.75 Å². The highest BCUT2D eigenvalue weighted by Crippen LogP contribution is 2.25. The number of ether oxygens (including phenoxy) is 1. The summed E-state index contributed by atoms with van der Waals surface area (Å²) in [7, 11) is 1.65. The topological polar surface area (TPSA) is 22.1 Å². The van der Waals surface area contributed by atoms with Crippen molar-refractivity contribution in [3.8, 4) is 5.75 Å². The Morgan fingerprint density at radius 2 is 2.33 bits per heavy atom. The molecule has 0 radical (unpaired) electrons. The van der Waals surface area contributed by atoms with E-state index in [0.29, 0.717) is 4.34 Å². The second-order valence-corrected chi connectivity index (χ2v) is 3.99. The normalized spacial score (nSPS) is 10.4. The van der Waals surface area contributed by atoms with Gasteiger partial charge in [-0.3, -0.25) is 4.98 Å². The van der Waals surface area contributed by atoms with E-state index in [9.17, 15) is 0 Å². The Labute approximate surface area is 79.6 Å². The van der Waals surface area contributed by atoms with E-state index in [1.54, 1.807) is 7.11 Å². The first kappa shape index (κ1) is 7.76. The van der Waals surface area contributed by atoms with Gasteiger partial charge in [-0.25, -0.2) is 0 Å². The first-order chi connectivity index (χ1) is 5.79. The molecule has 0 amide bonds. The van der Waals surface area contributed by atoms with Crippen LogP contribution in [0.15, 0.2) is 22.5 Å². The van der Waals surface area contributed by atoms with Crippen LogP contribution in [0.4, 0.5) is 0 Å². The van der Waals surface area contributed by atoms with Crippen LogP contribution in [0.2, 0.25) is 0 Å². The largest absolute Gasteiger partial charge is 0.497 e. The maximum Gasteiger partial charge on any atom is 0.118 e. The molecular weight excluding hydrogens is 190 g/mol. The van der Waals surface area contributed by atoms with E-state index in [-0.39, 0.29) is 0 Å². The van der Waals surface area contributed by atoms with Gasteiger partial charge in [0, 0.05) is 0 Å². The molecule has 0 bridgehead atoms. The van der Waals surface area contributed by atoms with Crippen molar-refractivity contribution in [3.05, 3.63) is 18.2 Å². The van der Waals surface area contributed by atoms with E-state index < -0.39 is 0 Å². The van der Waals surface area contributed by atoms with Gasteiger partial charge in [-0.1, -0.05) is 0 Å². The molecule has 62 valence electrons. The number of aromatic nitrogens is 1. The molecule has 1 aromatic carbocycles. The molecule has 0 aliphatic carbocycles. The summed E-state index contributed by atoms with van der Waals surface area (Å²) in [4.78, 5) is 4.17. The molecule has 0 saturated heterocycles. The lowest BCUT2D eigenvalue weighted by atomic mass is 10.3. The van der Waals surface area contributed by atoms with Crippen LogP contribution in [0.3, 0.4) is 0 Å². The Kier molecular flexibility index (Phi) is 1.86. The molecule has 1 heterocycles. The Bertz CT molecular complexity index is 410. The molecule has 4 heteroatoms. The van der Waals surface area contributed by atoms with Crippen LogP contribution in [0.5, 0.6) is 5.75 Å². The number of hydrogen-bond donors (Lipinski definition) is 0. The fourth-order valence-corrected chi connectivity index (χ4v) is 2.10. The van der Waals surface area contributed by atoms with Crippen molar-refractivity contribution in [2.24, 2.45) is 0 Å². The van der Waals surface area contributed by atoms with E-state index in [1.807, 2.05) is 18.2 Å². The molecule has 0 aliphatic heterocycles. The number of benzene rings is 1. The molecule has 0 N–H and O–H groups in total. The van der Waals surface area contributed by atoms with E-state index in [4.69, 9.17) is 17.4 Å². The van der Waals surface area contributed by atoms with Crippen LogP contribution in [0.25, 0.3) is 10.2 Å². The number of thiazole rings is 1. The molecule has 2 aromatic rings. The zero-order valence-corrected chi connectivity index (χ0v) is 8.04. The van der Waals surface area contributed by atoms with E-state index >= 15 is 0 Å². The van der Waals surface area contributed by atoms with Gasteiger partial charge in [-0.05, 0) is 27.2 Å². The first-order valence-corrected chi connectivity index (χ1v) is 4.63. The van der Waals surface area contributed by atoms with Gasteiger partial charge in [0.25, 0.3) is 0 Å². The maximum atomic E-state index is 5.08. The van der Waals surface area contributed by atoms with Gasteiger partial charge in [0.2, 0.25) is 0 Å². The second kappa shape index (κ2) is 2.88. The molecule has 0 fully saturated rings. The van der Waals surface area contributed by atoms with Crippen LogP contribution in [0, 0.1) is 0 Å². The van der Waals surface area contributed by atoms with Crippen molar-refractivity contribution in [1.82, 2.24) is 4.98 Å². The Balaban J connectivity index is 2.66. The highest BCUT2D eigenvalue weighted by atomic mass is 32.2. The SMILES string of the molecule is COc1ccc2nc([S-])sc2c1. The predicted molar refractivity (Wildman–Crippen MR) is 51.8 cm³/mol. The predicted octanol–water partition coefficient (Wildman–Crippen LogP) is 2.21. The van der Waals surface area contributed by atoms with Crippen LogP contribution in [0.1, 0.15) is 0 Å². The van der Waals surface area contributed by atoms with Gasteiger partial charge in [0.15, 0.2) is 0 Å².